The van der Waals surface area contributed by atoms with Crippen LogP contribution in [0.2, 0.25) is 0 Å². The Balaban J connectivity index is 3.08. The molecule has 0 aromatic rings. The van der Waals surface area contributed by atoms with Crippen molar-refractivity contribution >= 4 is 5.91 Å². The average molecular weight is 159 g/mol. The highest BCUT2D eigenvalue weighted by Gasteiger charge is 1.98. The fourth-order valence-electron chi connectivity index (χ4n) is 0.806. The molecule has 2 N–H and O–H groups in total. The molecular formula is C8H17NO2. The average Bonchev–Trinajstić information content (AvgIpc) is 1.97. The van der Waals surface area contributed by atoms with Crippen molar-refractivity contribution in [1.82, 2.24) is 5.32 Å². The molecule has 0 fully saturated rings. The lowest BCUT2D eigenvalue weighted by atomic mass is 10.1. The van der Waals surface area contributed by atoms with Gasteiger partial charge >= 0.3 is 0 Å². The first-order valence-electron chi connectivity index (χ1n) is 4.02. The Morgan fingerprint density at radius 3 is 2.73 bits per heavy atom. The van der Waals surface area contributed by atoms with Gasteiger partial charge in [-0.3, -0.25) is 4.79 Å². The Morgan fingerprint density at radius 2 is 2.27 bits per heavy atom. The van der Waals surface area contributed by atoms with E-state index in [9.17, 15) is 4.79 Å². The molecule has 0 radical (unpaired) electrons. The van der Waals surface area contributed by atoms with Crippen LogP contribution >= 0.6 is 0 Å². The van der Waals surface area contributed by atoms with E-state index in [0.717, 1.165) is 19.4 Å². The lowest BCUT2D eigenvalue weighted by Gasteiger charge is -2.06. The predicted octanol–water partition coefficient (Wildman–Crippen LogP) is 0.531. The zero-order chi connectivity index (χ0) is 8.69. The molecule has 1 amide bonds. The maximum Gasteiger partial charge on any atom is 0.216 e. The number of aliphatic hydroxyl groups excluding tert-OH is 1. The van der Waals surface area contributed by atoms with Gasteiger partial charge in [0.1, 0.15) is 0 Å². The van der Waals surface area contributed by atoms with Crippen molar-refractivity contribution < 1.29 is 9.90 Å². The van der Waals surface area contributed by atoms with Crippen molar-refractivity contribution in [3.05, 3.63) is 0 Å². The maximum atomic E-state index is 10.4. The van der Waals surface area contributed by atoms with E-state index in [2.05, 4.69) is 5.32 Å². The first-order chi connectivity index (χ1) is 5.16. The van der Waals surface area contributed by atoms with E-state index >= 15 is 0 Å². The van der Waals surface area contributed by atoms with Crippen molar-refractivity contribution in [3.8, 4) is 0 Å². The van der Waals surface area contributed by atoms with Crippen LogP contribution in [0.1, 0.15) is 26.7 Å². The molecule has 0 aromatic carbocycles. The third-order valence-electron chi connectivity index (χ3n) is 1.56. The highest BCUT2D eigenvalue weighted by molar-refractivity contribution is 5.72. The molecule has 0 aliphatic carbocycles. The van der Waals surface area contributed by atoms with E-state index in [1.165, 1.54) is 6.92 Å². The van der Waals surface area contributed by atoms with Gasteiger partial charge in [-0.2, -0.15) is 0 Å². The minimum Gasteiger partial charge on any atom is -0.396 e. The number of carbonyl (C=O) groups excluding carboxylic acids is 1. The lowest BCUT2D eigenvalue weighted by molar-refractivity contribution is -0.118. The summed E-state index contributed by atoms with van der Waals surface area (Å²) in [4.78, 5) is 10.4. The number of hydrogen-bond donors (Lipinski definition) is 2. The summed E-state index contributed by atoms with van der Waals surface area (Å²) >= 11 is 0. The molecule has 11 heavy (non-hydrogen) atoms. The third-order valence-corrected chi connectivity index (χ3v) is 1.56. The first-order valence-corrected chi connectivity index (χ1v) is 4.02. The number of rotatable bonds is 5. The smallest absolute Gasteiger partial charge is 0.216 e. The highest BCUT2D eigenvalue weighted by atomic mass is 16.3. The van der Waals surface area contributed by atoms with Gasteiger partial charge in [-0.25, -0.2) is 0 Å². The molecule has 1 atom stereocenters. The Labute approximate surface area is 67.8 Å². The molecule has 0 unspecified atom stereocenters. The van der Waals surface area contributed by atoms with E-state index in [1.54, 1.807) is 0 Å². The molecule has 0 saturated carbocycles. The molecule has 3 heteroatoms. The Bertz CT molecular complexity index is 115. The van der Waals surface area contributed by atoms with Crippen molar-refractivity contribution in [2.24, 2.45) is 5.92 Å². The van der Waals surface area contributed by atoms with Gasteiger partial charge in [0, 0.05) is 20.1 Å². The summed E-state index contributed by atoms with van der Waals surface area (Å²) < 4.78 is 0. The van der Waals surface area contributed by atoms with Crippen molar-refractivity contribution in [3.63, 3.8) is 0 Å². The first kappa shape index (κ1) is 10.4. The lowest BCUT2D eigenvalue weighted by Crippen LogP contribution is -2.21. The van der Waals surface area contributed by atoms with E-state index in [0.29, 0.717) is 5.92 Å². The maximum absolute atomic E-state index is 10.4. The summed E-state index contributed by atoms with van der Waals surface area (Å²) in [5, 5.41) is 11.4. The van der Waals surface area contributed by atoms with Crippen molar-refractivity contribution in [2.45, 2.75) is 26.7 Å². The summed E-state index contributed by atoms with van der Waals surface area (Å²) in [5.41, 5.74) is 0. The van der Waals surface area contributed by atoms with Gasteiger partial charge < -0.3 is 10.4 Å². The van der Waals surface area contributed by atoms with E-state index in [4.69, 9.17) is 5.11 Å². The second-order valence-electron chi connectivity index (χ2n) is 2.91. The van der Waals surface area contributed by atoms with Crippen molar-refractivity contribution in [2.75, 3.05) is 13.2 Å². The largest absolute Gasteiger partial charge is 0.396 e. The summed E-state index contributed by atoms with van der Waals surface area (Å²) in [6.07, 6.45) is 1.91. The molecule has 3 nitrogen and oxygen atoms in total. The quantitative estimate of drug-likeness (QED) is 0.575. The van der Waals surface area contributed by atoms with Crippen LogP contribution in [0, 0.1) is 5.92 Å². The molecule has 0 aromatic heterocycles. The number of carbonyl (C=O) groups is 1. The molecular weight excluding hydrogens is 142 g/mol. The summed E-state index contributed by atoms with van der Waals surface area (Å²) in [5.74, 6) is 0.366. The standard InChI is InChI=1S/C8H17NO2/c1-7(6-10)4-3-5-9-8(2)11/h7,10H,3-6H2,1-2H3,(H,9,11)/t7-/m1/s1. The third kappa shape index (κ3) is 7.33. The Hall–Kier alpha value is -0.570. The monoisotopic (exact) mass is 159 g/mol. The Kier molecular flexibility index (Phi) is 5.84. The number of aliphatic hydroxyl groups is 1. The molecule has 0 spiro atoms. The van der Waals surface area contributed by atoms with Gasteiger partial charge in [0.25, 0.3) is 0 Å². The van der Waals surface area contributed by atoms with Crippen LogP contribution in [0.3, 0.4) is 0 Å². The van der Waals surface area contributed by atoms with Gasteiger partial charge in [-0.1, -0.05) is 6.92 Å². The fraction of sp³-hybridized carbons (Fsp3) is 0.875. The zero-order valence-electron chi connectivity index (χ0n) is 7.26. The zero-order valence-corrected chi connectivity index (χ0v) is 7.26. The van der Waals surface area contributed by atoms with E-state index < -0.39 is 0 Å². The molecule has 66 valence electrons. The van der Waals surface area contributed by atoms with E-state index in [1.807, 2.05) is 6.92 Å². The number of hydrogen-bond acceptors (Lipinski definition) is 2. The van der Waals surface area contributed by atoms with Gasteiger partial charge in [0.15, 0.2) is 0 Å². The van der Waals surface area contributed by atoms with Crippen LogP contribution in [0.4, 0.5) is 0 Å². The van der Waals surface area contributed by atoms with Crippen LogP contribution in [0.15, 0.2) is 0 Å². The summed E-state index contributed by atoms with van der Waals surface area (Å²) in [6, 6.07) is 0. The van der Waals surface area contributed by atoms with Gasteiger partial charge in [-0.15, -0.1) is 0 Å². The molecule has 0 aliphatic rings. The van der Waals surface area contributed by atoms with Crippen LogP contribution in [0.25, 0.3) is 0 Å². The fourth-order valence-corrected chi connectivity index (χ4v) is 0.806. The van der Waals surface area contributed by atoms with Crippen LogP contribution in [-0.4, -0.2) is 24.2 Å². The topological polar surface area (TPSA) is 49.3 Å². The number of amides is 1. The minimum absolute atomic E-state index is 0.0154. The highest BCUT2D eigenvalue weighted by Crippen LogP contribution is 2.02. The van der Waals surface area contributed by atoms with Crippen LogP contribution in [-0.2, 0) is 4.79 Å². The molecule has 0 bridgehead atoms. The van der Waals surface area contributed by atoms with Crippen LogP contribution < -0.4 is 5.32 Å². The second kappa shape index (κ2) is 6.16. The minimum atomic E-state index is 0.0154. The predicted molar refractivity (Wildman–Crippen MR) is 44.2 cm³/mol. The molecule has 0 heterocycles. The normalized spacial score (nSPS) is 12.6. The Morgan fingerprint density at radius 1 is 1.64 bits per heavy atom. The van der Waals surface area contributed by atoms with Crippen molar-refractivity contribution in [1.29, 1.82) is 0 Å². The molecule has 0 rings (SSSR count). The second-order valence-corrected chi connectivity index (χ2v) is 2.91. The van der Waals surface area contributed by atoms with Crippen LogP contribution in [0.5, 0.6) is 0 Å². The summed E-state index contributed by atoms with van der Waals surface area (Å²) in [6.45, 7) is 4.46. The van der Waals surface area contributed by atoms with E-state index in [-0.39, 0.29) is 12.5 Å². The van der Waals surface area contributed by atoms with Gasteiger partial charge in [0.2, 0.25) is 5.91 Å². The number of nitrogens with one attached hydrogen (secondary N) is 1. The molecule has 0 aliphatic heterocycles. The SMILES string of the molecule is CC(=O)NCCC[C@@H](C)CO. The van der Waals surface area contributed by atoms with Gasteiger partial charge in [0.05, 0.1) is 0 Å². The molecule has 0 saturated heterocycles. The summed E-state index contributed by atoms with van der Waals surface area (Å²) in [7, 11) is 0. The van der Waals surface area contributed by atoms with Gasteiger partial charge in [-0.05, 0) is 18.8 Å².